The molecule has 38 heavy (non-hydrogen) atoms. The van der Waals surface area contributed by atoms with E-state index in [0.717, 1.165) is 0 Å². The molecule has 0 heterocycles. The van der Waals surface area contributed by atoms with Crippen LogP contribution in [0.2, 0.25) is 0 Å². The van der Waals surface area contributed by atoms with Crippen molar-refractivity contribution in [1.82, 2.24) is 0 Å². The summed E-state index contributed by atoms with van der Waals surface area (Å²) >= 11 is 6.16. The lowest BCUT2D eigenvalue weighted by molar-refractivity contribution is -0.385. The first-order valence-electron chi connectivity index (χ1n) is 10.9. The number of ether oxygens (including phenoxy) is 2. The number of phenols is 2. The molecule has 0 aliphatic carbocycles. The second-order valence-corrected chi connectivity index (χ2v) is 9.17. The van der Waals surface area contributed by atoms with Gasteiger partial charge >= 0.3 is 0 Å². The van der Waals surface area contributed by atoms with Crippen molar-refractivity contribution in [1.29, 1.82) is 0 Å². The van der Waals surface area contributed by atoms with E-state index >= 15 is 0 Å². The molecule has 0 saturated heterocycles. The quantitative estimate of drug-likeness (QED) is 0.113. The Kier molecular flexibility index (Phi) is 10.1. The van der Waals surface area contributed by atoms with Crippen LogP contribution in [0.15, 0.2) is 67.5 Å². The topological polar surface area (TPSA) is 170 Å². The summed E-state index contributed by atoms with van der Waals surface area (Å²) in [5.41, 5.74) is 0.0253. The van der Waals surface area contributed by atoms with Gasteiger partial charge in [-0.05, 0) is 44.0 Å². The van der Waals surface area contributed by atoms with Gasteiger partial charge in [-0.25, -0.2) is 0 Å². The molecule has 0 radical (unpaired) electrons. The van der Waals surface area contributed by atoms with E-state index in [2.05, 4.69) is 41.8 Å². The van der Waals surface area contributed by atoms with E-state index in [1.807, 2.05) is 0 Å². The van der Waals surface area contributed by atoms with Gasteiger partial charge in [0.2, 0.25) is 0 Å². The zero-order valence-corrected chi connectivity index (χ0v) is 22.7. The summed E-state index contributed by atoms with van der Waals surface area (Å²) < 4.78 is 11.8. The molecule has 3 rings (SSSR count). The van der Waals surface area contributed by atoms with Crippen molar-refractivity contribution in [3.8, 4) is 23.0 Å². The minimum Gasteiger partial charge on any atom is -0.506 e. The normalized spacial score (nSPS) is 11.2. The molecule has 0 unspecified atom stereocenters. The van der Waals surface area contributed by atoms with Gasteiger partial charge in [-0.2, -0.15) is 0 Å². The maximum absolute atomic E-state index is 11.0. The Morgan fingerprint density at radius 1 is 0.763 bits per heavy atom. The number of hydrogen-bond acceptors (Lipinski definition) is 10. The first-order valence-corrected chi connectivity index (χ1v) is 12.4. The predicted molar refractivity (Wildman–Crippen MR) is 147 cm³/mol. The number of phenolic OH excluding ortho intramolecular Hbond substituents is 2. The standard InChI is InChI=1S/C24H20Br2N4O8/c25-19-11-17(29(33)34)9-15(23(19)31)13-27-5-7-37-21-3-1-2-4-22(21)38-8-6-28-14-16-10-18(30(35)36)12-20(26)24(16)32/h1-4,9-14,31-32H,5-8H2. The van der Waals surface area contributed by atoms with Gasteiger partial charge in [0.05, 0.1) is 31.9 Å². The fraction of sp³-hybridized carbons (Fsp3) is 0.167. The predicted octanol–water partition coefficient (Wildman–Crippen LogP) is 5.44. The zero-order chi connectivity index (χ0) is 27.7. The number of benzene rings is 3. The van der Waals surface area contributed by atoms with Crippen LogP contribution in [0.5, 0.6) is 23.0 Å². The van der Waals surface area contributed by atoms with Gasteiger partial charge in [-0.3, -0.25) is 30.2 Å². The first kappa shape index (κ1) is 28.5. The molecule has 0 bridgehead atoms. The number of rotatable bonds is 12. The Morgan fingerprint density at radius 2 is 1.16 bits per heavy atom. The summed E-state index contributed by atoms with van der Waals surface area (Å²) in [4.78, 5) is 29.2. The molecule has 3 aromatic carbocycles. The molecule has 0 atom stereocenters. The molecule has 3 aromatic rings. The van der Waals surface area contributed by atoms with Crippen molar-refractivity contribution in [2.45, 2.75) is 0 Å². The highest BCUT2D eigenvalue weighted by atomic mass is 79.9. The Hall–Kier alpha value is -4.04. The van der Waals surface area contributed by atoms with E-state index in [1.165, 1.54) is 36.7 Å². The fourth-order valence-electron chi connectivity index (χ4n) is 3.05. The molecule has 2 N–H and O–H groups in total. The minimum atomic E-state index is -0.566. The van der Waals surface area contributed by atoms with E-state index in [9.17, 15) is 30.4 Å². The molecule has 0 aliphatic heterocycles. The average Bonchev–Trinajstić information content (AvgIpc) is 2.88. The van der Waals surface area contributed by atoms with Crippen molar-refractivity contribution >= 4 is 55.7 Å². The van der Waals surface area contributed by atoms with Crippen LogP contribution in [0.4, 0.5) is 11.4 Å². The van der Waals surface area contributed by atoms with Gasteiger partial charge < -0.3 is 19.7 Å². The second-order valence-electron chi connectivity index (χ2n) is 7.46. The minimum absolute atomic E-state index is 0.157. The second kappa shape index (κ2) is 13.5. The van der Waals surface area contributed by atoms with E-state index in [-0.39, 0.29) is 69.2 Å². The molecule has 0 spiro atoms. The van der Waals surface area contributed by atoms with Crippen molar-refractivity contribution < 1.29 is 29.5 Å². The number of aliphatic imine (C=N–C) groups is 2. The summed E-state index contributed by atoms with van der Waals surface area (Å²) in [5.74, 6) is 0.616. The molecule has 0 fully saturated rings. The van der Waals surface area contributed by atoms with Gasteiger partial charge in [0, 0.05) is 47.8 Å². The molecule has 198 valence electrons. The maximum Gasteiger partial charge on any atom is 0.271 e. The van der Waals surface area contributed by atoms with E-state index in [1.54, 1.807) is 24.3 Å². The number of non-ortho nitro benzene ring substituents is 2. The lowest BCUT2D eigenvalue weighted by Crippen LogP contribution is -2.06. The number of halogens is 2. The van der Waals surface area contributed by atoms with Crippen LogP contribution in [-0.2, 0) is 0 Å². The van der Waals surface area contributed by atoms with Gasteiger partial charge in [-0.15, -0.1) is 0 Å². The van der Waals surface area contributed by atoms with Crippen LogP contribution >= 0.6 is 31.9 Å². The van der Waals surface area contributed by atoms with E-state index in [4.69, 9.17) is 9.47 Å². The number of hydrogen-bond donors (Lipinski definition) is 2. The molecule has 0 aliphatic rings. The van der Waals surface area contributed by atoms with Crippen LogP contribution in [0.3, 0.4) is 0 Å². The summed E-state index contributed by atoms with van der Waals surface area (Å²) in [5, 5.41) is 42.1. The van der Waals surface area contributed by atoms with E-state index in [0.29, 0.717) is 11.5 Å². The Bertz CT molecular complexity index is 1290. The largest absolute Gasteiger partial charge is 0.506 e. The molecule has 0 aromatic heterocycles. The number of para-hydroxylation sites is 2. The summed E-state index contributed by atoms with van der Waals surface area (Å²) in [6, 6.07) is 11.8. The highest BCUT2D eigenvalue weighted by molar-refractivity contribution is 9.11. The summed E-state index contributed by atoms with van der Waals surface area (Å²) in [6.07, 6.45) is 2.66. The average molecular weight is 652 g/mol. The Balaban J connectivity index is 1.52. The van der Waals surface area contributed by atoms with Gasteiger partial charge in [-0.1, -0.05) is 12.1 Å². The van der Waals surface area contributed by atoms with Gasteiger partial charge in [0.15, 0.2) is 11.5 Å². The molecule has 0 saturated carbocycles. The fourth-order valence-corrected chi connectivity index (χ4v) is 3.98. The lowest BCUT2D eigenvalue weighted by Gasteiger charge is -2.11. The maximum atomic E-state index is 11.0. The molecule has 12 nitrogen and oxygen atoms in total. The molecule has 0 amide bonds. The number of aromatic hydroxyl groups is 2. The number of nitro groups is 2. The Morgan fingerprint density at radius 3 is 1.53 bits per heavy atom. The van der Waals surface area contributed by atoms with Crippen molar-refractivity contribution in [2.24, 2.45) is 9.98 Å². The third-order valence-corrected chi connectivity index (χ3v) is 6.05. The van der Waals surface area contributed by atoms with Crippen molar-refractivity contribution in [2.75, 3.05) is 26.3 Å². The van der Waals surface area contributed by atoms with Crippen LogP contribution in [0, 0.1) is 20.2 Å². The third kappa shape index (κ3) is 7.73. The zero-order valence-electron chi connectivity index (χ0n) is 19.5. The van der Waals surface area contributed by atoms with Crippen LogP contribution in [-0.4, -0.2) is 58.8 Å². The van der Waals surface area contributed by atoms with E-state index < -0.39 is 9.85 Å². The first-order chi connectivity index (χ1) is 18.2. The SMILES string of the molecule is O=[N+]([O-])c1cc(Br)c(O)c(C=NCCOc2ccccc2OCCN=Cc2cc([N+](=O)[O-])cc(Br)c2O)c1. The summed E-state index contributed by atoms with van der Waals surface area (Å²) in [6.45, 7) is 0.765. The molecule has 14 heteroatoms. The van der Waals surface area contributed by atoms with Crippen LogP contribution in [0.25, 0.3) is 0 Å². The number of nitrogens with zero attached hydrogens (tertiary/aromatic N) is 4. The van der Waals surface area contributed by atoms with Gasteiger partial charge in [0.25, 0.3) is 11.4 Å². The summed E-state index contributed by atoms with van der Waals surface area (Å²) in [7, 11) is 0. The van der Waals surface area contributed by atoms with Crippen molar-refractivity contribution in [3.63, 3.8) is 0 Å². The monoisotopic (exact) mass is 650 g/mol. The highest BCUT2D eigenvalue weighted by Gasteiger charge is 2.14. The third-order valence-electron chi connectivity index (χ3n) is 4.84. The van der Waals surface area contributed by atoms with Crippen molar-refractivity contribution in [3.05, 3.63) is 88.8 Å². The lowest BCUT2D eigenvalue weighted by atomic mass is 10.2. The number of nitro benzene ring substituents is 2. The van der Waals surface area contributed by atoms with Crippen LogP contribution in [0.1, 0.15) is 11.1 Å². The highest BCUT2D eigenvalue weighted by Crippen LogP contribution is 2.32. The molecular formula is C24H20Br2N4O8. The Labute approximate surface area is 232 Å². The smallest absolute Gasteiger partial charge is 0.271 e. The molecular weight excluding hydrogens is 632 g/mol. The van der Waals surface area contributed by atoms with Gasteiger partial charge in [0.1, 0.15) is 24.7 Å². The van der Waals surface area contributed by atoms with Crippen LogP contribution < -0.4 is 9.47 Å².